The summed E-state index contributed by atoms with van der Waals surface area (Å²) in [7, 11) is -0.645. The molecule has 0 bridgehead atoms. The van der Waals surface area contributed by atoms with E-state index in [-0.39, 0.29) is 15.8 Å². The van der Waals surface area contributed by atoms with Gasteiger partial charge in [-0.1, -0.05) is 58.4 Å². The largest absolute Gasteiger partial charge is 0.598 e. The standard InChI is InChI=1S/C30H41N5O2SSi/c1-8-11-26(34-38(36)29(2,3)4)25-14-10-13-24(33-25)21-16-17-22-19-31-35(27(22)18-21)28-15-9-12-23(32-28)20-37-39-30(5,6)7/h9-10,12-19,26,34H,8,11,20,39H2,1-7H3/t26-,38-/m0/s1. The molecule has 39 heavy (non-hydrogen) atoms. The van der Waals surface area contributed by atoms with Crippen LogP contribution < -0.4 is 4.72 Å². The molecule has 4 rings (SSSR count). The van der Waals surface area contributed by atoms with E-state index < -0.39 is 21.1 Å². The van der Waals surface area contributed by atoms with E-state index in [9.17, 15) is 4.55 Å². The lowest BCUT2D eigenvalue weighted by atomic mass is 10.1. The normalized spacial score (nSPS) is 14.4. The van der Waals surface area contributed by atoms with E-state index >= 15 is 0 Å². The minimum Gasteiger partial charge on any atom is -0.598 e. The quantitative estimate of drug-likeness (QED) is 0.183. The Hall–Kier alpha value is -2.56. The smallest absolute Gasteiger partial charge is 0.167 e. The number of aromatic nitrogens is 4. The lowest BCUT2D eigenvalue weighted by molar-refractivity contribution is 0.304. The molecule has 0 aliphatic carbocycles. The highest BCUT2D eigenvalue weighted by Gasteiger charge is 2.30. The van der Waals surface area contributed by atoms with Crippen LogP contribution in [0.2, 0.25) is 5.04 Å². The predicted molar refractivity (Wildman–Crippen MR) is 164 cm³/mol. The molecule has 7 nitrogen and oxygen atoms in total. The first-order chi connectivity index (χ1) is 18.4. The molecule has 0 amide bonds. The number of benzene rings is 1. The van der Waals surface area contributed by atoms with Crippen LogP contribution >= 0.6 is 0 Å². The molecule has 9 heteroatoms. The fourth-order valence-electron chi connectivity index (χ4n) is 4.16. The van der Waals surface area contributed by atoms with Crippen molar-refractivity contribution in [2.75, 3.05) is 0 Å². The van der Waals surface area contributed by atoms with Gasteiger partial charge in [0.2, 0.25) is 0 Å². The van der Waals surface area contributed by atoms with Crippen LogP contribution in [-0.4, -0.2) is 38.8 Å². The lowest BCUT2D eigenvalue weighted by Crippen LogP contribution is -2.41. The minimum absolute atomic E-state index is 0.0835. The molecule has 0 unspecified atom stereocenters. The summed E-state index contributed by atoms with van der Waals surface area (Å²) < 4.78 is 23.7. The van der Waals surface area contributed by atoms with Crippen LogP contribution in [0.4, 0.5) is 0 Å². The Kier molecular flexibility index (Phi) is 9.28. The Balaban J connectivity index is 1.62. The first kappa shape index (κ1) is 29.4. The monoisotopic (exact) mass is 563 g/mol. The maximum absolute atomic E-state index is 12.8. The van der Waals surface area contributed by atoms with Crippen LogP contribution in [-0.2, 0) is 22.4 Å². The van der Waals surface area contributed by atoms with E-state index in [1.54, 1.807) is 0 Å². The van der Waals surface area contributed by atoms with Crippen molar-refractivity contribution >= 4 is 32.0 Å². The highest BCUT2D eigenvalue weighted by atomic mass is 32.2. The van der Waals surface area contributed by atoms with Crippen molar-refractivity contribution in [3.05, 3.63) is 72.2 Å². The average molecular weight is 564 g/mol. The van der Waals surface area contributed by atoms with Gasteiger partial charge in [0.1, 0.15) is 4.75 Å². The molecule has 0 radical (unpaired) electrons. The number of nitrogens with zero attached hydrogens (tertiary/aromatic N) is 4. The molecule has 0 aliphatic rings. The minimum atomic E-state index is -1.18. The molecule has 3 heterocycles. The van der Waals surface area contributed by atoms with Crippen molar-refractivity contribution in [1.29, 1.82) is 0 Å². The summed E-state index contributed by atoms with van der Waals surface area (Å²) in [5.74, 6) is 0.763. The zero-order valence-electron chi connectivity index (χ0n) is 24.2. The molecular weight excluding hydrogens is 523 g/mol. The van der Waals surface area contributed by atoms with Gasteiger partial charge in [0.05, 0.1) is 41.4 Å². The average Bonchev–Trinajstić information content (AvgIpc) is 3.31. The molecule has 0 aliphatic heterocycles. The SMILES string of the molecule is CCC[C@H](N[S@@+]([O-])C(C)(C)C)c1cccc(-c2ccc3cnn(-c4cccc(CO[SiH2]C(C)(C)C)n4)c3c2)n1. The summed E-state index contributed by atoms with van der Waals surface area (Å²) in [6, 6.07) is 18.2. The first-order valence-corrected chi connectivity index (χ1v) is 16.1. The molecular formula is C30H41N5O2SSi. The summed E-state index contributed by atoms with van der Waals surface area (Å²) in [6.07, 6.45) is 3.68. The molecule has 3 aromatic heterocycles. The highest BCUT2D eigenvalue weighted by Crippen LogP contribution is 2.28. The lowest BCUT2D eigenvalue weighted by Gasteiger charge is -2.27. The van der Waals surface area contributed by atoms with Crippen LogP contribution in [0.1, 0.15) is 78.7 Å². The summed E-state index contributed by atoms with van der Waals surface area (Å²) in [5, 5.41) is 5.92. The van der Waals surface area contributed by atoms with E-state index in [1.165, 1.54) is 0 Å². The highest BCUT2D eigenvalue weighted by molar-refractivity contribution is 7.90. The molecule has 0 spiro atoms. The second-order valence-electron chi connectivity index (χ2n) is 12.2. The second kappa shape index (κ2) is 12.3. The van der Waals surface area contributed by atoms with E-state index in [0.717, 1.165) is 52.2 Å². The van der Waals surface area contributed by atoms with Crippen molar-refractivity contribution in [1.82, 2.24) is 24.5 Å². The Labute approximate surface area is 238 Å². The van der Waals surface area contributed by atoms with Crippen LogP contribution in [0.3, 0.4) is 0 Å². The van der Waals surface area contributed by atoms with Crippen molar-refractivity contribution in [2.24, 2.45) is 0 Å². The number of hydrogen-bond donors (Lipinski definition) is 1. The summed E-state index contributed by atoms with van der Waals surface area (Å²) in [4.78, 5) is 9.84. The summed E-state index contributed by atoms with van der Waals surface area (Å²) in [5.41, 5.74) is 4.63. The molecule has 1 aromatic carbocycles. The van der Waals surface area contributed by atoms with Gasteiger partial charge < -0.3 is 8.98 Å². The van der Waals surface area contributed by atoms with Gasteiger partial charge in [0, 0.05) is 22.3 Å². The van der Waals surface area contributed by atoms with Gasteiger partial charge in [-0.2, -0.15) is 5.10 Å². The third-order valence-electron chi connectivity index (χ3n) is 6.17. The third kappa shape index (κ3) is 7.76. The molecule has 1 N–H and O–H groups in total. The molecule has 0 fully saturated rings. The van der Waals surface area contributed by atoms with Gasteiger partial charge in [-0.25, -0.2) is 9.67 Å². The molecule has 4 aromatic rings. The van der Waals surface area contributed by atoms with Gasteiger partial charge in [-0.15, -0.1) is 4.72 Å². The Bertz CT molecular complexity index is 1400. The maximum Gasteiger partial charge on any atom is 0.167 e. The third-order valence-corrected chi connectivity index (χ3v) is 9.06. The second-order valence-corrected chi connectivity index (χ2v) is 17.0. The van der Waals surface area contributed by atoms with Gasteiger partial charge >= 0.3 is 0 Å². The number of fused-ring (bicyclic) bond motifs is 1. The van der Waals surface area contributed by atoms with Crippen molar-refractivity contribution in [3.8, 4) is 17.1 Å². The number of hydrogen-bond acceptors (Lipinski definition) is 6. The van der Waals surface area contributed by atoms with E-state index in [1.807, 2.05) is 68.0 Å². The van der Waals surface area contributed by atoms with E-state index in [2.05, 4.69) is 55.7 Å². The van der Waals surface area contributed by atoms with Crippen molar-refractivity contribution in [2.45, 2.75) is 83.7 Å². The Morgan fingerprint density at radius 3 is 2.51 bits per heavy atom. The number of rotatable bonds is 10. The first-order valence-electron chi connectivity index (χ1n) is 13.6. The van der Waals surface area contributed by atoms with Crippen LogP contribution in [0.25, 0.3) is 28.0 Å². The molecule has 2 atom stereocenters. The molecule has 0 saturated heterocycles. The topological polar surface area (TPSA) is 87.9 Å². The van der Waals surface area contributed by atoms with Crippen molar-refractivity contribution in [3.63, 3.8) is 0 Å². The maximum atomic E-state index is 12.8. The fraction of sp³-hybridized carbons (Fsp3) is 0.433. The van der Waals surface area contributed by atoms with Crippen LogP contribution in [0, 0.1) is 0 Å². The Morgan fingerprint density at radius 2 is 1.79 bits per heavy atom. The molecule has 208 valence electrons. The molecule has 0 saturated carbocycles. The van der Waals surface area contributed by atoms with Crippen LogP contribution in [0.5, 0.6) is 0 Å². The van der Waals surface area contributed by atoms with Gasteiger partial charge in [-0.05, 0) is 62.6 Å². The summed E-state index contributed by atoms with van der Waals surface area (Å²) >= 11 is -1.18. The fourth-order valence-corrected chi connectivity index (χ4v) is 5.93. The van der Waals surface area contributed by atoms with E-state index in [4.69, 9.17) is 14.4 Å². The number of pyridine rings is 2. The zero-order chi connectivity index (χ0) is 28.2. The van der Waals surface area contributed by atoms with Gasteiger partial charge in [-0.3, -0.25) is 4.98 Å². The van der Waals surface area contributed by atoms with Crippen LogP contribution in [0.15, 0.2) is 60.8 Å². The predicted octanol–water partition coefficient (Wildman–Crippen LogP) is 6.19. The summed E-state index contributed by atoms with van der Waals surface area (Å²) in [6.45, 7) is 15.2. The Morgan fingerprint density at radius 1 is 1.03 bits per heavy atom. The zero-order valence-corrected chi connectivity index (χ0v) is 26.4. The van der Waals surface area contributed by atoms with E-state index in [0.29, 0.717) is 6.61 Å². The van der Waals surface area contributed by atoms with Gasteiger partial charge in [0.25, 0.3) is 0 Å². The van der Waals surface area contributed by atoms with Gasteiger partial charge in [0.15, 0.2) is 15.6 Å². The van der Waals surface area contributed by atoms with Crippen molar-refractivity contribution < 1.29 is 8.98 Å². The number of nitrogens with one attached hydrogen (secondary N) is 1.